The fourth-order valence-electron chi connectivity index (χ4n) is 1.87. The van der Waals surface area contributed by atoms with Crippen molar-refractivity contribution < 1.29 is 4.74 Å². The third-order valence-electron chi connectivity index (χ3n) is 2.75. The van der Waals surface area contributed by atoms with Gasteiger partial charge in [0, 0.05) is 24.9 Å². The molecule has 2 nitrogen and oxygen atoms in total. The molecule has 1 saturated carbocycles. The van der Waals surface area contributed by atoms with Gasteiger partial charge in [-0.1, -0.05) is 0 Å². The molecule has 1 rings (SSSR count). The molecule has 1 N–H and O–H groups in total. The highest BCUT2D eigenvalue weighted by Gasteiger charge is 2.19. The van der Waals surface area contributed by atoms with Gasteiger partial charge in [-0.2, -0.15) is 11.8 Å². The van der Waals surface area contributed by atoms with Crippen LogP contribution in [0.5, 0.6) is 0 Å². The first-order valence-electron chi connectivity index (χ1n) is 5.12. The van der Waals surface area contributed by atoms with E-state index in [-0.39, 0.29) is 0 Å². The molecule has 0 aliphatic heterocycles. The van der Waals surface area contributed by atoms with Crippen molar-refractivity contribution >= 4 is 11.8 Å². The van der Waals surface area contributed by atoms with Gasteiger partial charge in [-0.15, -0.1) is 0 Å². The lowest BCUT2D eigenvalue weighted by Crippen LogP contribution is -2.35. The van der Waals surface area contributed by atoms with Gasteiger partial charge < -0.3 is 10.1 Å². The zero-order valence-electron chi connectivity index (χ0n) is 8.71. The lowest BCUT2D eigenvalue weighted by atomic mass is 9.95. The summed E-state index contributed by atoms with van der Waals surface area (Å²) in [6.07, 6.45) is 7.67. The second-order valence-electron chi connectivity index (χ2n) is 3.66. The number of nitrogens with one attached hydrogen (secondary N) is 1. The highest BCUT2D eigenvalue weighted by Crippen LogP contribution is 2.26. The first-order chi connectivity index (χ1) is 6.36. The summed E-state index contributed by atoms with van der Waals surface area (Å²) in [7, 11) is 1.76. The van der Waals surface area contributed by atoms with Crippen molar-refractivity contribution in [2.24, 2.45) is 0 Å². The van der Waals surface area contributed by atoms with Crippen molar-refractivity contribution in [1.82, 2.24) is 5.32 Å². The Hall–Kier alpha value is 0.270. The summed E-state index contributed by atoms with van der Waals surface area (Å²) in [6, 6.07) is 0.749. The van der Waals surface area contributed by atoms with Gasteiger partial charge in [0.05, 0.1) is 6.61 Å². The second-order valence-corrected chi connectivity index (χ2v) is 4.79. The molecule has 0 bridgehead atoms. The molecule has 0 amide bonds. The van der Waals surface area contributed by atoms with Gasteiger partial charge in [0.2, 0.25) is 0 Å². The van der Waals surface area contributed by atoms with Crippen LogP contribution in [0, 0.1) is 0 Å². The number of thioether (sulfide) groups is 1. The first-order valence-corrected chi connectivity index (χ1v) is 6.40. The standard InChI is InChI=1S/C10H21NOS/c1-12-8-7-11-9-3-5-10(13-2)6-4-9/h9-11H,3-8H2,1-2H3/t9-,10+. The van der Waals surface area contributed by atoms with Crippen LogP contribution in [0.25, 0.3) is 0 Å². The molecule has 1 fully saturated rings. The molecule has 0 spiro atoms. The summed E-state index contributed by atoms with van der Waals surface area (Å²) < 4.78 is 5.01. The summed E-state index contributed by atoms with van der Waals surface area (Å²) in [4.78, 5) is 0. The Bertz CT molecular complexity index is 121. The van der Waals surface area contributed by atoms with Gasteiger partial charge in [0.15, 0.2) is 0 Å². The highest BCUT2D eigenvalue weighted by molar-refractivity contribution is 7.99. The van der Waals surface area contributed by atoms with Crippen molar-refractivity contribution in [3.63, 3.8) is 0 Å². The number of hydrogen-bond donors (Lipinski definition) is 1. The molecule has 0 aromatic heterocycles. The number of hydrogen-bond acceptors (Lipinski definition) is 3. The topological polar surface area (TPSA) is 21.3 Å². The molecule has 1 aliphatic rings. The quantitative estimate of drug-likeness (QED) is 0.690. The lowest BCUT2D eigenvalue weighted by molar-refractivity contribution is 0.192. The molecular weight excluding hydrogens is 182 g/mol. The zero-order valence-corrected chi connectivity index (χ0v) is 9.53. The molecule has 0 radical (unpaired) electrons. The fraction of sp³-hybridized carbons (Fsp3) is 1.00. The molecule has 13 heavy (non-hydrogen) atoms. The Morgan fingerprint density at radius 2 is 2.00 bits per heavy atom. The average molecular weight is 203 g/mol. The molecule has 0 heterocycles. The summed E-state index contributed by atoms with van der Waals surface area (Å²) in [6.45, 7) is 1.84. The molecular formula is C10H21NOS. The smallest absolute Gasteiger partial charge is 0.0587 e. The van der Waals surface area contributed by atoms with Crippen molar-refractivity contribution in [3.8, 4) is 0 Å². The minimum absolute atomic E-state index is 0.749. The molecule has 0 saturated heterocycles. The van der Waals surface area contributed by atoms with Gasteiger partial charge >= 0.3 is 0 Å². The molecule has 0 atom stereocenters. The van der Waals surface area contributed by atoms with Crippen LogP contribution in [0.1, 0.15) is 25.7 Å². The van der Waals surface area contributed by atoms with E-state index in [4.69, 9.17) is 4.74 Å². The van der Waals surface area contributed by atoms with Crippen LogP contribution in [0.2, 0.25) is 0 Å². The monoisotopic (exact) mass is 203 g/mol. The van der Waals surface area contributed by atoms with Gasteiger partial charge in [-0.25, -0.2) is 0 Å². The van der Waals surface area contributed by atoms with E-state index >= 15 is 0 Å². The Labute approximate surface area is 85.8 Å². The maximum absolute atomic E-state index is 5.01. The van der Waals surface area contributed by atoms with Crippen LogP contribution < -0.4 is 5.32 Å². The van der Waals surface area contributed by atoms with Gasteiger partial charge in [-0.05, 0) is 31.9 Å². The van der Waals surface area contributed by atoms with Crippen LogP contribution in [0.4, 0.5) is 0 Å². The van der Waals surface area contributed by atoms with E-state index in [0.717, 1.165) is 24.4 Å². The molecule has 0 unspecified atom stereocenters. The normalized spacial score (nSPS) is 29.1. The molecule has 0 aromatic carbocycles. The van der Waals surface area contributed by atoms with Crippen LogP contribution in [-0.4, -0.2) is 37.8 Å². The Morgan fingerprint density at radius 1 is 1.31 bits per heavy atom. The molecule has 3 heteroatoms. The Balaban J connectivity index is 2.03. The number of ether oxygens (including phenoxy) is 1. The minimum Gasteiger partial charge on any atom is -0.383 e. The predicted molar refractivity (Wildman–Crippen MR) is 59.4 cm³/mol. The van der Waals surface area contributed by atoms with Gasteiger partial charge in [0.25, 0.3) is 0 Å². The van der Waals surface area contributed by atoms with Crippen molar-refractivity contribution in [2.75, 3.05) is 26.5 Å². The maximum Gasteiger partial charge on any atom is 0.0587 e. The van der Waals surface area contributed by atoms with Crippen LogP contribution in [-0.2, 0) is 4.74 Å². The number of methoxy groups -OCH3 is 1. The van der Waals surface area contributed by atoms with E-state index in [1.165, 1.54) is 25.7 Å². The van der Waals surface area contributed by atoms with Crippen molar-refractivity contribution in [1.29, 1.82) is 0 Å². The second kappa shape index (κ2) is 6.68. The third kappa shape index (κ3) is 4.34. The van der Waals surface area contributed by atoms with E-state index in [1.54, 1.807) is 7.11 Å². The Morgan fingerprint density at radius 3 is 2.54 bits per heavy atom. The SMILES string of the molecule is COCCN[C@H]1CC[C@@H](SC)CC1. The van der Waals surface area contributed by atoms with E-state index in [2.05, 4.69) is 11.6 Å². The van der Waals surface area contributed by atoms with Crippen LogP contribution in [0.15, 0.2) is 0 Å². The highest BCUT2D eigenvalue weighted by atomic mass is 32.2. The van der Waals surface area contributed by atoms with E-state index in [0.29, 0.717) is 0 Å². The molecule has 1 aliphatic carbocycles. The summed E-state index contributed by atoms with van der Waals surface area (Å²) >= 11 is 2.02. The minimum atomic E-state index is 0.749. The Kier molecular flexibility index (Phi) is 5.83. The first kappa shape index (κ1) is 11.3. The third-order valence-corrected chi connectivity index (χ3v) is 3.88. The van der Waals surface area contributed by atoms with Crippen molar-refractivity contribution in [3.05, 3.63) is 0 Å². The maximum atomic E-state index is 5.01. The zero-order chi connectivity index (χ0) is 9.52. The molecule has 0 aromatic rings. The van der Waals surface area contributed by atoms with Gasteiger partial charge in [-0.3, -0.25) is 0 Å². The van der Waals surface area contributed by atoms with E-state index < -0.39 is 0 Å². The summed E-state index contributed by atoms with van der Waals surface area (Å²) in [5.74, 6) is 0. The van der Waals surface area contributed by atoms with Crippen LogP contribution in [0.3, 0.4) is 0 Å². The van der Waals surface area contributed by atoms with Gasteiger partial charge in [0.1, 0.15) is 0 Å². The summed E-state index contributed by atoms with van der Waals surface area (Å²) in [5.41, 5.74) is 0. The average Bonchev–Trinajstić information content (AvgIpc) is 2.19. The summed E-state index contributed by atoms with van der Waals surface area (Å²) in [5, 5.41) is 4.45. The van der Waals surface area contributed by atoms with E-state index in [1.807, 2.05) is 11.8 Å². The van der Waals surface area contributed by atoms with E-state index in [9.17, 15) is 0 Å². The van der Waals surface area contributed by atoms with Crippen LogP contribution >= 0.6 is 11.8 Å². The molecule has 78 valence electrons. The van der Waals surface area contributed by atoms with Crippen molar-refractivity contribution in [2.45, 2.75) is 37.0 Å². The fourth-order valence-corrected chi connectivity index (χ4v) is 2.61. The predicted octanol–water partition coefficient (Wildman–Crippen LogP) is 1.90. The number of rotatable bonds is 5. The largest absolute Gasteiger partial charge is 0.383 e. The lowest BCUT2D eigenvalue weighted by Gasteiger charge is -2.28.